The molecule has 0 atom stereocenters. The Morgan fingerprint density at radius 3 is 2.48 bits per heavy atom. The average molecular weight is 374 g/mol. The molecule has 0 unspecified atom stereocenters. The smallest absolute Gasteiger partial charge is 0.275 e. The van der Waals surface area contributed by atoms with Gasteiger partial charge in [-0.2, -0.15) is 0 Å². The predicted molar refractivity (Wildman–Crippen MR) is 87.8 cm³/mol. The van der Waals surface area contributed by atoms with Crippen LogP contribution in [0.3, 0.4) is 0 Å². The van der Waals surface area contributed by atoms with E-state index in [2.05, 4.69) is 36.4 Å². The zero-order valence-corrected chi connectivity index (χ0v) is 13.7. The van der Waals surface area contributed by atoms with Crippen molar-refractivity contribution in [2.45, 2.75) is 0 Å². The van der Waals surface area contributed by atoms with E-state index < -0.39 is 0 Å². The van der Waals surface area contributed by atoms with Crippen molar-refractivity contribution in [1.29, 1.82) is 0 Å². The first-order valence-electron chi connectivity index (χ1n) is 6.64. The molecular formula is C15H12BrN5O2. The van der Waals surface area contributed by atoms with E-state index in [1.807, 2.05) is 0 Å². The molecule has 1 N–H and O–H groups in total. The molecule has 0 aliphatic rings. The number of methoxy groups -OCH3 is 1. The van der Waals surface area contributed by atoms with Crippen LogP contribution in [0.1, 0.15) is 10.5 Å². The van der Waals surface area contributed by atoms with Gasteiger partial charge >= 0.3 is 0 Å². The summed E-state index contributed by atoms with van der Waals surface area (Å²) in [6.07, 6.45) is 3.03. The van der Waals surface area contributed by atoms with Crippen molar-refractivity contribution in [3.05, 3.63) is 59.2 Å². The Bertz CT molecular complexity index is 818. The summed E-state index contributed by atoms with van der Waals surface area (Å²) in [7, 11) is 1.59. The summed E-state index contributed by atoms with van der Waals surface area (Å²) in [6, 6.07) is 10.6. The van der Waals surface area contributed by atoms with Crippen LogP contribution in [0.5, 0.6) is 5.75 Å². The Morgan fingerprint density at radius 1 is 1.13 bits per heavy atom. The third-order valence-corrected chi connectivity index (χ3v) is 3.72. The van der Waals surface area contributed by atoms with Gasteiger partial charge in [-0.3, -0.25) is 9.36 Å². The van der Waals surface area contributed by atoms with Gasteiger partial charge in [0, 0.05) is 10.2 Å². The van der Waals surface area contributed by atoms with Gasteiger partial charge in [0.2, 0.25) is 0 Å². The first-order chi connectivity index (χ1) is 11.2. The van der Waals surface area contributed by atoms with E-state index in [-0.39, 0.29) is 11.6 Å². The lowest BCUT2D eigenvalue weighted by Gasteiger charge is -2.09. The molecule has 3 rings (SSSR count). The summed E-state index contributed by atoms with van der Waals surface area (Å²) in [5.41, 5.74) is 0.922. The van der Waals surface area contributed by atoms with Crippen LogP contribution in [0.25, 0.3) is 5.82 Å². The zero-order chi connectivity index (χ0) is 16.2. The maximum atomic E-state index is 12.4. The molecule has 0 fully saturated rings. The molecule has 116 valence electrons. The number of carbonyl (C=O) groups excluding carboxylic acids is 1. The minimum Gasteiger partial charge on any atom is -0.497 e. The molecule has 8 heteroatoms. The van der Waals surface area contributed by atoms with Crippen LogP contribution in [0.2, 0.25) is 0 Å². The van der Waals surface area contributed by atoms with Crippen LogP contribution >= 0.6 is 15.9 Å². The fourth-order valence-electron chi connectivity index (χ4n) is 1.92. The van der Waals surface area contributed by atoms with E-state index in [0.717, 1.165) is 5.75 Å². The molecule has 0 bridgehead atoms. The maximum absolute atomic E-state index is 12.4. The van der Waals surface area contributed by atoms with Gasteiger partial charge in [0.25, 0.3) is 5.91 Å². The van der Waals surface area contributed by atoms with E-state index in [0.29, 0.717) is 16.0 Å². The van der Waals surface area contributed by atoms with Gasteiger partial charge in [0.05, 0.1) is 7.11 Å². The largest absolute Gasteiger partial charge is 0.497 e. The zero-order valence-electron chi connectivity index (χ0n) is 12.1. The topological polar surface area (TPSA) is 81.9 Å². The van der Waals surface area contributed by atoms with Gasteiger partial charge in [-0.05, 0) is 52.3 Å². The second-order valence-corrected chi connectivity index (χ2v) is 5.41. The highest BCUT2D eigenvalue weighted by molar-refractivity contribution is 9.10. The van der Waals surface area contributed by atoms with Crippen molar-refractivity contribution < 1.29 is 9.53 Å². The van der Waals surface area contributed by atoms with E-state index in [1.54, 1.807) is 48.1 Å². The van der Waals surface area contributed by atoms with Crippen LogP contribution in [0.4, 0.5) is 5.69 Å². The average Bonchev–Trinajstić information content (AvgIpc) is 3.10. The van der Waals surface area contributed by atoms with Gasteiger partial charge in [-0.25, -0.2) is 4.98 Å². The van der Waals surface area contributed by atoms with Gasteiger partial charge in [-0.1, -0.05) is 0 Å². The third kappa shape index (κ3) is 3.37. The van der Waals surface area contributed by atoms with Gasteiger partial charge in [0.1, 0.15) is 29.9 Å². The maximum Gasteiger partial charge on any atom is 0.275 e. The highest BCUT2D eigenvalue weighted by Gasteiger charge is 2.14. The second-order valence-electron chi connectivity index (χ2n) is 4.55. The quantitative estimate of drug-likeness (QED) is 0.760. The number of pyridine rings is 1. The number of ether oxygens (including phenoxy) is 1. The highest BCUT2D eigenvalue weighted by atomic mass is 79.9. The Labute approximate surface area is 140 Å². The first-order valence-corrected chi connectivity index (χ1v) is 7.43. The van der Waals surface area contributed by atoms with Crippen molar-refractivity contribution in [3.63, 3.8) is 0 Å². The SMILES string of the molecule is COc1ccc(NC(=O)c2nc(-n3cnnc3)ccc2Br)cc1. The number of nitrogens with one attached hydrogen (secondary N) is 1. The number of rotatable bonds is 4. The minimum atomic E-state index is -0.322. The van der Waals surface area contributed by atoms with Crippen molar-refractivity contribution in [3.8, 4) is 11.6 Å². The minimum absolute atomic E-state index is 0.270. The second kappa shape index (κ2) is 6.57. The number of hydrogen-bond acceptors (Lipinski definition) is 5. The van der Waals surface area contributed by atoms with E-state index in [4.69, 9.17) is 4.74 Å². The number of nitrogens with zero attached hydrogens (tertiary/aromatic N) is 4. The number of carbonyl (C=O) groups is 1. The molecule has 0 spiro atoms. The first kappa shape index (κ1) is 15.2. The molecular weight excluding hydrogens is 362 g/mol. The summed E-state index contributed by atoms with van der Waals surface area (Å²) in [4.78, 5) is 16.8. The lowest BCUT2D eigenvalue weighted by atomic mass is 10.2. The molecule has 0 radical (unpaired) electrons. The summed E-state index contributed by atoms with van der Waals surface area (Å²) in [6.45, 7) is 0. The predicted octanol–water partition coefficient (Wildman–Crippen LogP) is 2.69. The molecule has 7 nitrogen and oxygen atoms in total. The molecule has 0 saturated carbocycles. The molecule has 23 heavy (non-hydrogen) atoms. The molecule has 0 saturated heterocycles. The normalized spacial score (nSPS) is 10.3. The summed E-state index contributed by atoms with van der Waals surface area (Å²) >= 11 is 3.35. The number of amides is 1. The van der Waals surface area contributed by atoms with Crippen LogP contribution in [0, 0.1) is 0 Å². The number of aromatic nitrogens is 4. The molecule has 0 aliphatic carbocycles. The Kier molecular flexibility index (Phi) is 4.33. The Hall–Kier alpha value is -2.74. The van der Waals surface area contributed by atoms with E-state index >= 15 is 0 Å². The van der Waals surface area contributed by atoms with E-state index in [1.165, 1.54) is 12.7 Å². The standard InChI is InChI=1S/C15H12BrN5O2/c1-23-11-4-2-10(3-5-11)19-15(22)14-12(16)6-7-13(20-14)21-8-17-18-9-21/h2-9H,1H3,(H,19,22). The van der Waals surface area contributed by atoms with Crippen LogP contribution in [-0.2, 0) is 0 Å². The van der Waals surface area contributed by atoms with Crippen molar-refractivity contribution in [2.75, 3.05) is 12.4 Å². The molecule has 2 heterocycles. The number of anilines is 1. The summed E-state index contributed by atoms with van der Waals surface area (Å²) < 4.78 is 7.31. The number of hydrogen-bond donors (Lipinski definition) is 1. The lowest BCUT2D eigenvalue weighted by molar-refractivity contribution is 0.102. The summed E-state index contributed by atoms with van der Waals surface area (Å²) in [5, 5.41) is 10.3. The Balaban J connectivity index is 1.85. The third-order valence-electron chi connectivity index (χ3n) is 3.08. The van der Waals surface area contributed by atoms with Gasteiger partial charge in [0.15, 0.2) is 0 Å². The number of halogens is 1. The van der Waals surface area contributed by atoms with Crippen LogP contribution in [0.15, 0.2) is 53.5 Å². The fourth-order valence-corrected chi connectivity index (χ4v) is 2.32. The lowest BCUT2D eigenvalue weighted by Crippen LogP contribution is -2.15. The monoisotopic (exact) mass is 373 g/mol. The molecule has 1 amide bonds. The van der Waals surface area contributed by atoms with Crippen LogP contribution in [-0.4, -0.2) is 32.8 Å². The Morgan fingerprint density at radius 2 is 1.83 bits per heavy atom. The molecule has 2 aromatic heterocycles. The van der Waals surface area contributed by atoms with Crippen molar-refractivity contribution >= 4 is 27.5 Å². The highest BCUT2D eigenvalue weighted by Crippen LogP contribution is 2.20. The van der Waals surface area contributed by atoms with Crippen LogP contribution < -0.4 is 10.1 Å². The van der Waals surface area contributed by atoms with Crippen molar-refractivity contribution in [2.24, 2.45) is 0 Å². The van der Waals surface area contributed by atoms with Crippen molar-refractivity contribution in [1.82, 2.24) is 19.7 Å². The van der Waals surface area contributed by atoms with Gasteiger partial charge < -0.3 is 10.1 Å². The van der Waals surface area contributed by atoms with E-state index in [9.17, 15) is 4.79 Å². The number of benzene rings is 1. The summed E-state index contributed by atoms with van der Waals surface area (Å²) in [5.74, 6) is 0.951. The molecule has 0 aliphatic heterocycles. The van der Waals surface area contributed by atoms with Gasteiger partial charge in [-0.15, -0.1) is 10.2 Å². The fraction of sp³-hybridized carbons (Fsp3) is 0.0667. The molecule has 1 aromatic carbocycles. The molecule has 3 aromatic rings.